The molecule has 0 saturated carbocycles. The topological polar surface area (TPSA) is 68.2 Å². The average Bonchev–Trinajstić information content (AvgIpc) is 2.53. The Balaban J connectivity index is 1.94. The summed E-state index contributed by atoms with van der Waals surface area (Å²) in [5, 5.41) is 19.9. The van der Waals surface area contributed by atoms with Crippen LogP contribution in [0.3, 0.4) is 0 Å². The standard InChI is InChI=1S/C17H18O5/c1-20-12-3-4-13(15(19)8-12)10-5-14-16(21-2)6-11(18)7-17(14)22-9-10/h3-4,6-8,10,18-19H,5,9H2,1-2H3/t10-/m0/s1. The lowest BCUT2D eigenvalue weighted by molar-refractivity contribution is 0.253. The number of fused-ring (bicyclic) bond motifs is 1. The Labute approximate surface area is 128 Å². The van der Waals surface area contributed by atoms with Gasteiger partial charge < -0.3 is 24.4 Å². The third-order valence-electron chi connectivity index (χ3n) is 3.94. The second-order valence-corrected chi connectivity index (χ2v) is 5.26. The van der Waals surface area contributed by atoms with Gasteiger partial charge in [-0.05, 0) is 12.5 Å². The molecule has 0 amide bonds. The van der Waals surface area contributed by atoms with Gasteiger partial charge in [-0.15, -0.1) is 0 Å². The highest BCUT2D eigenvalue weighted by molar-refractivity contribution is 5.53. The third-order valence-corrected chi connectivity index (χ3v) is 3.94. The number of ether oxygens (including phenoxy) is 3. The molecule has 1 atom stereocenters. The molecule has 0 spiro atoms. The van der Waals surface area contributed by atoms with Gasteiger partial charge in [0.2, 0.25) is 0 Å². The summed E-state index contributed by atoms with van der Waals surface area (Å²) in [5.41, 5.74) is 1.70. The molecule has 0 radical (unpaired) electrons. The number of hydrogen-bond donors (Lipinski definition) is 2. The molecule has 1 aliphatic heterocycles. The first-order chi connectivity index (χ1) is 10.6. The molecule has 1 heterocycles. The molecule has 1 aliphatic rings. The summed E-state index contributed by atoms with van der Waals surface area (Å²) in [6.07, 6.45) is 0.665. The molecule has 2 aromatic carbocycles. The van der Waals surface area contributed by atoms with E-state index in [0.29, 0.717) is 30.3 Å². The zero-order chi connectivity index (χ0) is 15.7. The second kappa shape index (κ2) is 5.67. The molecule has 5 heteroatoms. The molecule has 0 aliphatic carbocycles. The predicted molar refractivity (Wildman–Crippen MR) is 81.3 cm³/mol. The van der Waals surface area contributed by atoms with Crippen molar-refractivity contribution in [2.24, 2.45) is 0 Å². The van der Waals surface area contributed by atoms with Crippen molar-refractivity contribution < 1.29 is 24.4 Å². The zero-order valence-electron chi connectivity index (χ0n) is 12.5. The van der Waals surface area contributed by atoms with E-state index in [1.54, 1.807) is 32.4 Å². The van der Waals surface area contributed by atoms with Crippen LogP contribution in [-0.2, 0) is 6.42 Å². The Kier molecular flexibility index (Phi) is 3.71. The summed E-state index contributed by atoms with van der Waals surface area (Å²) in [6.45, 7) is 0.430. The second-order valence-electron chi connectivity index (χ2n) is 5.26. The maximum Gasteiger partial charge on any atom is 0.129 e. The largest absolute Gasteiger partial charge is 0.508 e. The highest BCUT2D eigenvalue weighted by Crippen LogP contribution is 2.42. The fourth-order valence-electron chi connectivity index (χ4n) is 2.81. The smallest absolute Gasteiger partial charge is 0.129 e. The lowest BCUT2D eigenvalue weighted by atomic mass is 9.89. The van der Waals surface area contributed by atoms with Gasteiger partial charge in [-0.1, -0.05) is 6.07 Å². The van der Waals surface area contributed by atoms with E-state index >= 15 is 0 Å². The van der Waals surface area contributed by atoms with Crippen molar-refractivity contribution in [3.8, 4) is 28.7 Å². The Morgan fingerprint density at radius 1 is 1.09 bits per heavy atom. The Morgan fingerprint density at radius 2 is 1.91 bits per heavy atom. The SMILES string of the molecule is COc1ccc([C@@H]2COc3cc(O)cc(OC)c3C2)c(O)c1. The minimum Gasteiger partial charge on any atom is -0.508 e. The fourth-order valence-corrected chi connectivity index (χ4v) is 2.81. The van der Waals surface area contributed by atoms with E-state index < -0.39 is 0 Å². The number of methoxy groups -OCH3 is 2. The average molecular weight is 302 g/mol. The number of hydrogen-bond acceptors (Lipinski definition) is 5. The number of phenols is 2. The van der Waals surface area contributed by atoms with Crippen LogP contribution in [0.4, 0.5) is 0 Å². The van der Waals surface area contributed by atoms with Crippen molar-refractivity contribution in [3.05, 3.63) is 41.5 Å². The Bertz CT molecular complexity index is 678. The maximum absolute atomic E-state index is 10.2. The van der Waals surface area contributed by atoms with Crippen LogP contribution in [-0.4, -0.2) is 31.0 Å². The molecule has 3 rings (SSSR count). The summed E-state index contributed by atoms with van der Waals surface area (Å²) in [7, 11) is 3.12. The third kappa shape index (κ3) is 2.50. The molecular weight excluding hydrogens is 284 g/mol. The molecule has 0 unspecified atom stereocenters. The van der Waals surface area contributed by atoms with Crippen LogP contribution in [0.25, 0.3) is 0 Å². The van der Waals surface area contributed by atoms with Gasteiger partial charge in [-0.2, -0.15) is 0 Å². The number of phenolic OH excluding ortho intramolecular Hbond substituents is 2. The van der Waals surface area contributed by atoms with Crippen LogP contribution in [0.1, 0.15) is 17.0 Å². The fraction of sp³-hybridized carbons (Fsp3) is 0.294. The van der Waals surface area contributed by atoms with Gasteiger partial charge in [0.1, 0.15) is 28.7 Å². The minimum absolute atomic E-state index is 0.0110. The van der Waals surface area contributed by atoms with Crippen LogP contribution in [0, 0.1) is 0 Å². The van der Waals surface area contributed by atoms with Gasteiger partial charge in [0, 0.05) is 35.2 Å². The number of benzene rings is 2. The van der Waals surface area contributed by atoms with Crippen molar-refractivity contribution >= 4 is 0 Å². The monoisotopic (exact) mass is 302 g/mol. The lowest BCUT2D eigenvalue weighted by Gasteiger charge is -2.27. The highest BCUT2D eigenvalue weighted by atomic mass is 16.5. The van der Waals surface area contributed by atoms with Gasteiger partial charge >= 0.3 is 0 Å². The Hall–Kier alpha value is -2.56. The summed E-state index contributed by atoms with van der Waals surface area (Å²) in [6, 6.07) is 8.41. The summed E-state index contributed by atoms with van der Waals surface area (Å²) < 4.78 is 16.2. The van der Waals surface area contributed by atoms with Gasteiger partial charge in [0.05, 0.1) is 20.8 Å². The van der Waals surface area contributed by atoms with Crippen LogP contribution in [0.2, 0.25) is 0 Å². The van der Waals surface area contributed by atoms with Crippen LogP contribution >= 0.6 is 0 Å². The van der Waals surface area contributed by atoms with Gasteiger partial charge in [-0.25, -0.2) is 0 Å². The van der Waals surface area contributed by atoms with E-state index in [9.17, 15) is 10.2 Å². The van der Waals surface area contributed by atoms with Crippen molar-refractivity contribution in [2.75, 3.05) is 20.8 Å². The molecule has 22 heavy (non-hydrogen) atoms. The molecular formula is C17H18O5. The molecule has 5 nitrogen and oxygen atoms in total. The van der Waals surface area contributed by atoms with Crippen molar-refractivity contribution in [3.63, 3.8) is 0 Å². The molecule has 116 valence electrons. The van der Waals surface area contributed by atoms with E-state index in [1.165, 1.54) is 0 Å². The Morgan fingerprint density at radius 3 is 2.59 bits per heavy atom. The quantitative estimate of drug-likeness (QED) is 0.912. The minimum atomic E-state index is 0.0110. The normalized spacial score (nSPS) is 16.5. The van der Waals surface area contributed by atoms with E-state index in [1.807, 2.05) is 12.1 Å². The molecule has 0 saturated heterocycles. The molecule has 0 bridgehead atoms. The van der Waals surface area contributed by atoms with Crippen molar-refractivity contribution in [1.82, 2.24) is 0 Å². The first-order valence-corrected chi connectivity index (χ1v) is 7.02. The van der Waals surface area contributed by atoms with Crippen LogP contribution < -0.4 is 14.2 Å². The van der Waals surface area contributed by atoms with Gasteiger partial charge in [0.25, 0.3) is 0 Å². The summed E-state index contributed by atoms with van der Waals surface area (Å²) in [5.74, 6) is 2.14. The predicted octanol–water partition coefficient (Wildman–Crippen LogP) is 2.83. The number of rotatable bonds is 3. The maximum atomic E-state index is 10.2. The first-order valence-electron chi connectivity index (χ1n) is 7.02. The lowest BCUT2D eigenvalue weighted by Crippen LogP contribution is -2.20. The first kappa shape index (κ1) is 14.4. The highest BCUT2D eigenvalue weighted by Gasteiger charge is 2.27. The molecule has 0 fully saturated rings. The summed E-state index contributed by atoms with van der Waals surface area (Å²) in [4.78, 5) is 0. The van der Waals surface area contributed by atoms with E-state index in [-0.39, 0.29) is 17.4 Å². The zero-order valence-corrected chi connectivity index (χ0v) is 12.5. The molecule has 0 aromatic heterocycles. The van der Waals surface area contributed by atoms with Crippen LogP contribution in [0.5, 0.6) is 28.7 Å². The van der Waals surface area contributed by atoms with Gasteiger partial charge in [-0.3, -0.25) is 0 Å². The van der Waals surface area contributed by atoms with E-state index in [2.05, 4.69) is 0 Å². The van der Waals surface area contributed by atoms with Gasteiger partial charge in [0.15, 0.2) is 0 Å². The van der Waals surface area contributed by atoms with Crippen molar-refractivity contribution in [2.45, 2.75) is 12.3 Å². The summed E-state index contributed by atoms with van der Waals surface area (Å²) >= 11 is 0. The number of aromatic hydroxyl groups is 2. The van der Waals surface area contributed by atoms with Crippen molar-refractivity contribution in [1.29, 1.82) is 0 Å². The van der Waals surface area contributed by atoms with E-state index in [0.717, 1.165) is 11.1 Å². The molecule has 2 N–H and O–H groups in total. The molecule has 2 aromatic rings. The van der Waals surface area contributed by atoms with E-state index in [4.69, 9.17) is 14.2 Å². The van der Waals surface area contributed by atoms with Crippen LogP contribution in [0.15, 0.2) is 30.3 Å².